The largest absolute Gasteiger partial charge is 0.351 e. The van der Waals surface area contributed by atoms with Crippen molar-refractivity contribution in [2.45, 2.75) is 26.8 Å². The average molecular weight is 243 g/mol. The number of halogens is 1. The van der Waals surface area contributed by atoms with Crippen molar-refractivity contribution < 1.29 is 0 Å². The third-order valence-electron chi connectivity index (χ3n) is 2.30. The van der Waals surface area contributed by atoms with Crippen LogP contribution in [0.15, 0.2) is 23.3 Å². The van der Waals surface area contributed by atoms with Gasteiger partial charge in [0, 0.05) is 16.0 Å². The summed E-state index contributed by atoms with van der Waals surface area (Å²) in [6, 6.07) is 2.44. The molecule has 82 valence electrons. The molecule has 1 aliphatic heterocycles. The van der Waals surface area contributed by atoms with Crippen molar-refractivity contribution in [1.29, 1.82) is 0 Å². The van der Waals surface area contributed by atoms with Gasteiger partial charge in [-0.3, -0.25) is 4.99 Å². The Bertz CT molecular complexity index is 407. The fraction of sp³-hybridized carbons (Fsp3) is 0.364. The molecule has 2 rings (SSSR count). The van der Waals surface area contributed by atoms with Crippen LogP contribution in [0.4, 0.5) is 0 Å². The van der Waals surface area contributed by atoms with Crippen molar-refractivity contribution >= 4 is 29.6 Å². The Morgan fingerprint density at radius 2 is 2.07 bits per heavy atom. The molecule has 1 unspecified atom stereocenters. The Morgan fingerprint density at radius 1 is 1.33 bits per heavy atom. The van der Waals surface area contributed by atoms with E-state index < -0.39 is 0 Å². The number of aryl methyl sites for hydroxylation is 2. The molecule has 0 aliphatic carbocycles. The lowest BCUT2D eigenvalue weighted by molar-refractivity contribution is 0.866. The summed E-state index contributed by atoms with van der Waals surface area (Å²) in [6.45, 7) is 6.29. The third kappa shape index (κ3) is 2.61. The summed E-state index contributed by atoms with van der Waals surface area (Å²) in [5.41, 5.74) is 1.34. The molecule has 15 heavy (non-hydrogen) atoms. The number of nitrogens with one attached hydrogen (secondary N) is 1. The van der Waals surface area contributed by atoms with Gasteiger partial charge in [0.15, 0.2) is 0 Å². The van der Waals surface area contributed by atoms with Gasteiger partial charge >= 0.3 is 0 Å². The molecule has 0 fully saturated rings. The summed E-state index contributed by atoms with van der Waals surface area (Å²) in [5.74, 6) is 0.987. The molecule has 0 aromatic carbocycles. The van der Waals surface area contributed by atoms with E-state index in [1.807, 2.05) is 24.5 Å². The molecular formula is C11H15ClN2S. The second-order valence-corrected chi connectivity index (χ2v) is 4.99. The van der Waals surface area contributed by atoms with Gasteiger partial charge in [-0.15, -0.1) is 23.7 Å². The van der Waals surface area contributed by atoms with Crippen LogP contribution in [0.3, 0.4) is 0 Å². The summed E-state index contributed by atoms with van der Waals surface area (Å²) >= 11 is 1.84. The van der Waals surface area contributed by atoms with Gasteiger partial charge < -0.3 is 5.32 Å². The van der Waals surface area contributed by atoms with Gasteiger partial charge in [-0.2, -0.15) is 0 Å². The Hall–Kier alpha value is -0.800. The molecule has 1 aliphatic rings. The predicted molar refractivity (Wildman–Crippen MR) is 69.2 cm³/mol. The van der Waals surface area contributed by atoms with Crippen LogP contribution in [-0.2, 0) is 0 Å². The lowest BCUT2D eigenvalue weighted by atomic mass is 10.1. The zero-order valence-corrected chi connectivity index (χ0v) is 10.7. The summed E-state index contributed by atoms with van der Waals surface area (Å²) in [5, 5.41) is 3.08. The van der Waals surface area contributed by atoms with Crippen LogP contribution in [-0.4, -0.2) is 5.84 Å². The topological polar surface area (TPSA) is 24.4 Å². The quantitative estimate of drug-likeness (QED) is 0.803. The fourth-order valence-corrected chi connectivity index (χ4v) is 2.63. The molecule has 4 heteroatoms. The standard InChI is InChI=1S/C11H14N2S.ClH/c1-7-6-10(8(2)14-7)11-4-5-12-9(3)13-11;/h4-6,11H,1-3H3,(H,12,13);1H. The molecule has 2 nitrogen and oxygen atoms in total. The minimum absolute atomic E-state index is 0. The van der Waals surface area contributed by atoms with Crippen LogP contribution >= 0.6 is 23.7 Å². The minimum Gasteiger partial charge on any atom is -0.351 e. The molecule has 0 amide bonds. The van der Waals surface area contributed by atoms with Crippen molar-refractivity contribution in [2.75, 3.05) is 0 Å². The highest BCUT2D eigenvalue weighted by atomic mass is 35.5. The Balaban J connectivity index is 0.00000112. The summed E-state index contributed by atoms with van der Waals surface area (Å²) < 4.78 is 0. The van der Waals surface area contributed by atoms with Crippen LogP contribution in [0.25, 0.3) is 0 Å². The highest BCUT2D eigenvalue weighted by molar-refractivity contribution is 7.12. The van der Waals surface area contributed by atoms with Gasteiger partial charge in [0.2, 0.25) is 0 Å². The van der Waals surface area contributed by atoms with Crippen LogP contribution in [0.1, 0.15) is 28.3 Å². The molecular weight excluding hydrogens is 228 g/mol. The number of hydrogen-bond acceptors (Lipinski definition) is 3. The van der Waals surface area contributed by atoms with Gasteiger partial charge in [-0.1, -0.05) is 0 Å². The zero-order chi connectivity index (χ0) is 10.1. The molecule has 1 aromatic rings. The Morgan fingerprint density at radius 3 is 2.60 bits per heavy atom. The van der Waals surface area contributed by atoms with E-state index in [2.05, 4.69) is 36.3 Å². The first-order valence-corrected chi connectivity index (χ1v) is 5.53. The van der Waals surface area contributed by atoms with Crippen molar-refractivity contribution in [1.82, 2.24) is 5.32 Å². The molecule has 1 N–H and O–H groups in total. The van der Waals surface area contributed by atoms with Crippen LogP contribution in [0.5, 0.6) is 0 Å². The highest BCUT2D eigenvalue weighted by Crippen LogP contribution is 2.30. The van der Waals surface area contributed by atoms with E-state index in [-0.39, 0.29) is 18.4 Å². The molecule has 0 saturated carbocycles. The second-order valence-electron chi connectivity index (χ2n) is 3.53. The Labute approximate surface area is 101 Å². The Kier molecular flexibility index (Phi) is 3.94. The van der Waals surface area contributed by atoms with E-state index in [1.165, 1.54) is 15.3 Å². The van der Waals surface area contributed by atoms with Gasteiger partial charge in [0.05, 0.1) is 11.9 Å². The van der Waals surface area contributed by atoms with Crippen molar-refractivity contribution in [3.8, 4) is 0 Å². The first kappa shape index (κ1) is 12.3. The first-order chi connectivity index (χ1) is 6.66. The zero-order valence-electron chi connectivity index (χ0n) is 9.07. The third-order valence-corrected chi connectivity index (χ3v) is 3.28. The number of amidine groups is 1. The maximum Gasteiger partial charge on any atom is 0.0982 e. The monoisotopic (exact) mass is 242 g/mol. The maximum absolute atomic E-state index is 4.55. The molecule has 0 saturated heterocycles. The lowest BCUT2D eigenvalue weighted by Crippen LogP contribution is -2.18. The van der Waals surface area contributed by atoms with E-state index in [0.29, 0.717) is 0 Å². The molecule has 2 heterocycles. The molecule has 0 radical (unpaired) electrons. The van der Waals surface area contributed by atoms with Gasteiger partial charge in [0.25, 0.3) is 0 Å². The van der Waals surface area contributed by atoms with Gasteiger partial charge in [0.1, 0.15) is 0 Å². The molecule has 1 atom stereocenters. The first-order valence-electron chi connectivity index (χ1n) is 4.71. The van der Waals surface area contributed by atoms with Crippen LogP contribution in [0.2, 0.25) is 0 Å². The van der Waals surface area contributed by atoms with E-state index >= 15 is 0 Å². The van der Waals surface area contributed by atoms with E-state index in [9.17, 15) is 0 Å². The molecule has 0 bridgehead atoms. The average Bonchev–Trinajstić information content (AvgIpc) is 2.45. The number of hydrogen-bond donors (Lipinski definition) is 1. The summed E-state index contributed by atoms with van der Waals surface area (Å²) in [4.78, 5) is 7.28. The van der Waals surface area contributed by atoms with Gasteiger partial charge in [-0.05, 0) is 38.5 Å². The van der Waals surface area contributed by atoms with Gasteiger partial charge in [-0.25, -0.2) is 0 Å². The van der Waals surface area contributed by atoms with E-state index in [0.717, 1.165) is 5.84 Å². The van der Waals surface area contributed by atoms with E-state index in [4.69, 9.17) is 0 Å². The normalized spacial score (nSPS) is 19.1. The fourth-order valence-electron chi connectivity index (χ4n) is 1.67. The number of rotatable bonds is 1. The van der Waals surface area contributed by atoms with Crippen LogP contribution in [0, 0.1) is 13.8 Å². The second kappa shape index (κ2) is 4.81. The summed E-state index contributed by atoms with van der Waals surface area (Å²) in [7, 11) is 0. The van der Waals surface area contributed by atoms with Crippen molar-refractivity contribution in [2.24, 2.45) is 4.99 Å². The van der Waals surface area contributed by atoms with Crippen molar-refractivity contribution in [3.05, 3.63) is 33.7 Å². The summed E-state index contributed by atoms with van der Waals surface area (Å²) in [6.07, 6.45) is 4.07. The lowest BCUT2D eigenvalue weighted by Gasteiger charge is -2.14. The van der Waals surface area contributed by atoms with Crippen LogP contribution < -0.4 is 5.32 Å². The maximum atomic E-state index is 4.55. The minimum atomic E-state index is 0. The highest BCUT2D eigenvalue weighted by Gasteiger charge is 2.14. The smallest absolute Gasteiger partial charge is 0.0982 e. The number of thiophene rings is 1. The predicted octanol–water partition coefficient (Wildman–Crippen LogP) is 3.36. The van der Waals surface area contributed by atoms with E-state index in [1.54, 1.807) is 0 Å². The van der Waals surface area contributed by atoms with Crippen molar-refractivity contribution in [3.63, 3.8) is 0 Å². The number of nitrogens with zero attached hydrogens (tertiary/aromatic N) is 1. The molecule has 1 aromatic heterocycles. The molecule has 0 spiro atoms. The number of aliphatic imine (C=N–C) groups is 1. The SMILES string of the molecule is CC1=NC(c2cc(C)sc2C)C=CN1.Cl.